The molecular formula is C25H26N6O3S. The number of aromatic nitrogens is 3. The van der Waals surface area contributed by atoms with Crippen LogP contribution in [0, 0.1) is 0 Å². The van der Waals surface area contributed by atoms with Crippen LogP contribution in [0.15, 0.2) is 48.5 Å². The van der Waals surface area contributed by atoms with Crippen molar-refractivity contribution >= 4 is 39.2 Å². The highest BCUT2D eigenvalue weighted by Crippen LogP contribution is 2.36. The molecule has 0 unspecified atom stereocenters. The number of aryl methyl sites for hydroxylation is 1. The fraction of sp³-hybridized carbons (Fsp3) is 0.280. The van der Waals surface area contributed by atoms with E-state index in [0.717, 1.165) is 29.3 Å². The molecule has 0 saturated heterocycles. The van der Waals surface area contributed by atoms with Gasteiger partial charge in [-0.25, -0.2) is 4.98 Å². The van der Waals surface area contributed by atoms with Gasteiger partial charge in [-0.1, -0.05) is 41.7 Å². The quantitative estimate of drug-likeness (QED) is 0.392. The number of amides is 2. The third kappa shape index (κ3) is 4.57. The van der Waals surface area contributed by atoms with Crippen molar-refractivity contribution in [2.45, 2.75) is 18.9 Å². The van der Waals surface area contributed by atoms with Crippen molar-refractivity contribution in [1.29, 1.82) is 0 Å². The molecule has 2 heterocycles. The minimum absolute atomic E-state index is 0.135. The van der Waals surface area contributed by atoms with Gasteiger partial charge in [0.2, 0.25) is 0 Å². The molecule has 10 heteroatoms. The number of fused-ring (bicyclic) bond motifs is 1. The number of carbonyl (C=O) groups excluding carboxylic acids is 2. The van der Waals surface area contributed by atoms with Gasteiger partial charge in [-0.15, -0.1) is 0 Å². The number of carbonyl (C=O) groups is 2. The molecule has 0 aliphatic heterocycles. The number of ether oxygens (including phenoxy) is 1. The zero-order valence-corrected chi connectivity index (χ0v) is 20.3. The molecule has 2 aromatic carbocycles. The van der Waals surface area contributed by atoms with Crippen LogP contribution >= 0.6 is 11.3 Å². The van der Waals surface area contributed by atoms with Gasteiger partial charge in [0.05, 0.1) is 17.5 Å². The second-order valence-electron chi connectivity index (χ2n) is 8.44. The Morgan fingerprint density at radius 2 is 2.00 bits per heavy atom. The molecule has 0 radical (unpaired) electrons. The zero-order valence-electron chi connectivity index (χ0n) is 19.5. The summed E-state index contributed by atoms with van der Waals surface area (Å²) in [7, 11) is 3.41. The molecule has 1 fully saturated rings. The van der Waals surface area contributed by atoms with Gasteiger partial charge in [-0.3, -0.25) is 14.3 Å². The summed E-state index contributed by atoms with van der Waals surface area (Å²) in [6, 6.07) is 15.2. The van der Waals surface area contributed by atoms with Crippen molar-refractivity contribution in [2.24, 2.45) is 7.05 Å². The molecule has 0 atom stereocenters. The van der Waals surface area contributed by atoms with Crippen molar-refractivity contribution in [3.8, 4) is 16.2 Å². The number of anilines is 1. The van der Waals surface area contributed by atoms with Gasteiger partial charge >= 0.3 is 0 Å². The van der Waals surface area contributed by atoms with E-state index in [1.54, 1.807) is 16.7 Å². The Balaban J connectivity index is 1.32. The van der Waals surface area contributed by atoms with Crippen LogP contribution in [0.5, 0.6) is 5.75 Å². The van der Waals surface area contributed by atoms with Crippen LogP contribution in [0.3, 0.4) is 0 Å². The Morgan fingerprint density at radius 1 is 1.20 bits per heavy atom. The van der Waals surface area contributed by atoms with Crippen LogP contribution in [-0.4, -0.2) is 57.7 Å². The van der Waals surface area contributed by atoms with Crippen molar-refractivity contribution in [3.05, 3.63) is 59.9 Å². The molecule has 5 rings (SSSR count). The van der Waals surface area contributed by atoms with Gasteiger partial charge in [-0.05, 0) is 36.6 Å². The summed E-state index contributed by atoms with van der Waals surface area (Å²) in [4.78, 5) is 33.3. The Labute approximate surface area is 206 Å². The largest absolute Gasteiger partial charge is 0.497 e. The van der Waals surface area contributed by atoms with Gasteiger partial charge < -0.3 is 20.7 Å². The first-order valence-corrected chi connectivity index (χ1v) is 12.2. The Hall–Kier alpha value is -3.92. The second-order valence-corrected chi connectivity index (χ2v) is 9.47. The summed E-state index contributed by atoms with van der Waals surface area (Å²) in [5.41, 5.74) is 8.43. The first-order chi connectivity index (χ1) is 17.0. The van der Waals surface area contributed by atoms with Gasteiger partial charge in [0.15, 0.2) is 10.8 Å². The molecule has 0 bridgehead atoms. The van der Waals surface area contributed by atoms with Gasteiger partial charge in [0.25, 0.3) is 11.8 Å². The number of hydrogen-bond acceptors (Lipinski definition) is 7. The molecule has 1 aliphatic carbocycles. The number of nitrogens with zero attached hydrogens (tertiary/aromatic N) is 4. The van der Waals surface area contributed by atoms with Crippen LogP contribution in [0.2, 0.25) is 0 Å². The van der Waals surface area contributed by atoms with Crippen molar-refractivity contribution in [2.75, 3.05) is 25.9 Å². The van der Waals surface area contributed by atoms with Crippen LogP contribution in [0.25, 0.3) is 21.3 Å². The maximum atomic E-state index is 13.6. The number of nitrogens with one attached hydrogen (secondary N) is 1. The van der Waals surface area contributed by atoms with Gasteiger partial charge in [0, 0.05) is 31.6 Å². The van der Waals surface area contributed by atoms with Crippen LogP contribution in [0.4, 0.5) is 5.13 Å². The summed E-state index contributed by atoms with van der Waals surface area (Å²) in [6.07, 6.45) is 1.86. The van der Waals surface area contributed by atoms with Crippen molar-refractivity contribution in [1.82, 2.24) is 25.0 Å². The van der Waals surface area contributed by atoms with E-state index in [1.165, 1.54) is 11.3 Å². The summed E-state index contributed by atoms with van der Waals surface area (Å²) in [5.74, 6) is 0.243. The molecule has 9 nitrogen and oxygen atoms in total. The molecular weight excluding hydrogens is 464 g/mol. The number of para-hydroxylation sites is 1. The summed E-state index contributed by atoms with van der Waals surface area (Å²) >= 11 is 1.28. The predicted molar refractivity (Wildman–Crippen MR) is 136 cm³/mol. The highest BCUT2D eigenvalue weighted by atomic mass is 32.1. The van der Waals surface area contributed by atoms with Crippen molar-refractivity contribution in [3.63, 3.8) is 0 Å². The van der Waals surface area contributed by atoms with E-state index in [1.807, 2.05) is 55.6 Å². The van der Waals surface area contributed by atoms with Crippen molar-refractivity contribution < 1.29 is 14.3 Å². The Bertz CT molecular complexity index is 1410. The standard InChI is InChI=1S/C25H26N6O3S/c1-30-19-9-4-3-8-18(19)20(29-30)23(32)27-12-13-31(16-10-11-16)24(33)21-22(35-25(26)28-21)15-6-5-7-17(14-15)34-2/h3-9,14,16H,10-13H2,1-2H3,(H2,26,28)(H,27,32). The lowest BCUT2D eigenvalue weighted by Gasteiger charge is -2.22. The average molecular weight is 491 g/mol. The lowest BCUT2D eigenvalue weighted by Crippen LogP contribution is -2.40. The molecule has 0 spiro atoms. The lowest BCUT2D eigenvalue weighted by atomic mass is 10.1. The molecule has 1 saturated carbocycles. The highest BCUT2D eigenvalue weighted by molar-refractivity contribution is 7.19. The van der Waals surface area contributed by atoms with E-state index in [0.29, 0.717) is 40.2 Å². The molecule has 4 aromatic rings. The number of nitrogens with two attached hydrogens (primary N) is 1. The maximum Gasteiger partial charge on any atom is 0.274 e. The van der Waals surface area contributed by atoms with Crippen LogP contribution in [0.1, 0.15) is 33.8 Å². The average Bonchev–Trinajstić information content (AvgIpc) is 3.55. The maximum absolute atomic E-state index is 13.6. The van der Waals surface area contributed by atoms with E-state index in [2.05, 4.69) is 15.4 Å². The minimum Gasteiger partial charge on any atom is -0.497 e. The topological polar surface area (TPSA) is 115 Å². The highest BCUT2D eigenvalue weighted by Gasteiger charge is 2.35. The summed E-state index contributed by atoms with van der Waals surface area (Å²) in [5, 5.41) is 8.42. The number of hydrogen-bond donors (Lipinski definition) is 2. The molecule has 1 aliphatic rings. The first kappa shape index (κ1) is 22.9. The first-order valence-electron chi connectivity index (χ1n) is 11.4. The Morgan fingerprint density at radius 3 is 2.77 bits per heavy atom. The molecule has 2 aromatic heterocycles. The fourth-order valence-corrected chi connectivity index (χ4v) is 4.99. The van der Waals surface area contributed by atoms with E-state index < -0.39 is 0 Å². The minimum atomic E-state index is -0.264. The van der Waals surface area contributed by atoms with Gasteiger partial charge in [-0.2, -0.15) is 5.10 Å². The van der Waals surface area contributed by atoms with E-state index in [4.69, 9.17) is 10.5 Å². The SMILES string of the molecule is COc1cccc(-c2sc(N)nc2C(=O)N(CCNC(=O)c2nn(C)c3ccccc23)C2CC2)c1. The number of methoxy groups -OCH3 is 1. The normalized spacial score (nSPS) is 13.1. The second kappa shape index (κ2) is 9.38. The van der Waals surface area contributed by atoms with Crippen LogP contribution in [-0.2, 0) is 7.05 Å². The van der Waals surface area contributed by atoms with E-state index >= 15 is 0 Å². The number of nitrogen functional groups attached to an aromatic ring is 1. The molecule has 180 valence electrons. The van der Waals surface area contributed by atoms with Crippen LogP contribution < -0.4 is 15.8 Å². The molecule has 35 heavy (non-hydrogen) atoms. The Kier molecular flexibility index (Phi) is 6.12. The third-order valence-corrected chi connectivity index (χ3v) is 6.97. The zero-order chi connectivity index (χ0) is 24.5. The predicted octanol–water partition coefficient (Wildman–Crippen LogP) is 3.32. The summed E-state index contributed by atoms with van der Waals surface area (Å²) in [6.45, 7) is 0.676. The molecule has 2 amide bonds. The lowest BCUT2D eigenvalue weighted by molar-refractivity contribution is 0.0732. The summed E-state index contributed by atoms with van der Waals surface area (Å²) < 4.78 is 7.02. The van der Waals surface area contributed by atoms with Gasteiger partial charge in [0.1, 0.15) is 11.4 Å². The fourth-order valence-electron chi connectivity index (χ4n) is 4.17. The van der Waals surface area contributed by atoms with E-state index in [9.17, 15) is 9.59 Å². The van der Waals surface area contributed by atoms with E-state index in [-0.39, 0.29) is 17.9 Å². The molecule has 3 N–H and O–H groups in total. The number of benzene rings is 2. The smallest absolute Gasteiger partial charge is 0.274 e. The third-order valence-electron chi connectivity index (χ3n) is 6.04. The monoisotopic (exact) mass is 490 g/mol. The number of thiazole rings is 1. The number of rotatable bonds is 8.